The first-order valence-electron chi connectivity index (χ1n) is 8.51. The van der Waals surface area contributed by atoms with Crippen LogP contribution in [0.25, 0.3) is 16.9 Å². The number of aromatic nitrogens is 2. The molecule has 5 nitrogen and oxygen atoms in total. The lowest BCUT2D eigenvalue weighted by molar-refractivity contribution is 0.393. The number of benzene rings is 1. The van der Waals surface area contributed by atoms with E-state index >= 15 is 0 Å². The van der Waals surface area contributed by atoms with Crippen LogP contribution in [0.1, 0.15) is 41.1 Å². The smallest absolute Gasteiger partial charge is 0.157 e. The van der Waals surface area contributed by atoms with Gasteiger partial charge in [-0.1, -0.05) is 5.16 Å². The van der Waals surface area contributed by atoms with Crippen molar-refractivity contribution < 1.29 is 9.63 Å². The minimum absolute atomic E-state index is 0.230. The first kappa shape index (κ1) is 15.5. The largest absolute Gasteiger partial charge is 0.508 e. The molecule has 4 rings (SSSR count). The molecule has 0 unspecified atom stereocenters. The Morgan fingerprint density at radius 2 is 1.80 bits per heavy atom. The van der Waals surface area contributed by atoms with E-state index in [4.69, 9.17) is 4.52 Å². The molecule has 0 fully saturated rings. The van der Waals surface area contributed by atoms with Crippen molar-refractivity contribution in [2.24, 2.45) is 0 Å². The van der Waals surface area contributed by atoms with E-state index in [1.165, 1.54) is 5.56 Å². The number of fused-ring (bicyclic) bond motifs is 1. The molecule has 0 saturated heterocycles. The van der Waals surface area contributed by atoms with Crippen molar-refractivity contribution in [1.29, 1.82) is 5.26 Å². The highest BCUT2D eigenvalue weighted by molar-refractivity contribution is 5.73. The van der Waals surface area contributed by atoms with E-state index in [9.17, 15) is 10.4 Å². The summed E-state index contributed by atoms with van der Waals surface area (Å²) in [7, 11) is 0. The molecule has 0 aliphatic heterocycles. The summed E-state index contributed by atoms with van der Waals surface area (Å²) in [6, 6.07) is 9.57. The molecule has 2 aromatic heterocycles. The zero-order chi connectivity index (χ0) is 17.6. The molecule has 0 spiro atoms. The summed E-state index contributed by atoms with van der Waals surface area (Å²) < 4.78 is 7.37. The normalized spacial score (nSPS) is 13.5. The van der Waals surface area contributed by atoms with E-state index < -0.39 is 0 Å². The Bertz CT molecular complexity index is 968. The van der Waals surface area contributed by atoms with Gasteiger partial charge in [-0.3, -0.25) is 4.57 Å². The Labute approximate surface area is 146 Å². The maximum Gasteiger partial charge on any atom is 0.157 e. The Hall–Kier alpha value is -3.00. The predicted molar refractivity (Wildman–Crippen MR) is 93.8 cm³/mol. The number of rotatable bonds is 2. The van der Waals surface area contributed by atoms with Crippen molar-refractivity contribution in [2.45, 2.75) is 39.5 Å². The summed E-state index contributed by atoms with van der Waals surface area (Å²) in [6.07, 6.45) is 4.09. The van der Waals surface area contributed by atoms with E-state index in [1.807, 2.05) is 30.5 Å². The first-order chi connectivity index (χ1) is 12.1. The van der Waals surface area contributed by atoms with Crippen LogP contribution in [0.15, 0.2) is 28.8 Å². The average Bonchev–Trinajstić information content (AvgIpc) is 3.12. The van der Waals surface area contributed by atoms with Gasteiger partial charge in [-0.05, 0) is 80.5 Å². The Morgan fingerprint density at radius 1 is 1.12 bits per heavy atom. The van der Waals surface area contributed by atoms with Crippen LogP contribution < -0.4 is 0 Å². The van der Waals surface area contributed by atoms with Crippen LogP contribution in [0.2, 0.25) is 0 Å². The number of phenols is 1. The van der Waals surface area contributed by atoms with Crippen molar-refractivity contribution in [3.05, 3.63) is 52.5 Å². The number of hydrogen-bond donors (Lipinski definition) is 1. The van der Waals surface area contributed by atoms with Crippen molar-refractivity contribution in [1.82, 2.24) is 9.72 Å². The maximum absolute atomic E-state index is 9.90. The van der Waals surface area contributed by atoms with E-state index in [-0.39, 0.29) is 5.75 Å². The number of nitriles is 1. The SMILES string of the molecule is Cc1noc(C)c1-n1c(C#N)c2c(c1-c1ccc(O)cc1)CCCC2. The molecule has 0 amide bonds. The molecule has 126 valence electrons. The minimum atomic E-state index is 0.230. The number of hydrogen-bond acceptors (Lipinski definition) is 4. The molecular formula is C20H19N3O2. The molecule has 3 aromatic rings. The predicted octanol–water partition coefficient (Wildman–Crippen LogP) is 4.21. The number of nitrogens with zero attached hydrogens (tertiary/aromatic N) is 3. The van der Waals surface area contributed by atoms with Gasteiger partial charge in [-0.15, -0.1) is 0 Å². The zero-order valence-electron chi connectivity index (χ0n) is 14.3. The molecule has 0 atom stereocenters. The number of aryl methyl sites for hydroxylation is 2. The monoisotopic (exact) mass is 333 g/mol. The van der Waals surface area contributed by atoms with Gasteiger partial charge in [0.15, 0.2) is 5.76 Å². The van der Waals surface area contributed by atoms with Gasteiger partial charge in [0.25, 0.3) is 0 Å². The van der Waals surface area contributed by atoms with Gasteiger partial charge in [0.1, 0.15) is 28.9 Å². The summed E-state index contributed by atoms with van der Waals surface area (Å²) in [5.41, 5.74) is 6.64. The van der Waals surface area contributed by atoms with Crippen LogP contribution in [0.3, 0.4) is 0 Å². The fraction of sp³-hybridized carbons (Fsp3) is 0.300. The number of aromatic hydroxyl groups is 1. The topological polar surface area (TPSA) is 75.0 Å². The molecule has 5 heteroatoms. The fourth-order valence-corrected chi connectivity index (χ4v) is 3.87. The highest BCUT2D eigenvalue weighted by Gasteiger charge is 2.28. The Balaban J connectivity index is 2.10. The summed E-state index contributed by atoms with van der Waals surface area (Å²) in [5.74, 6) is 0.926. The lowest BCUT2D eigenvalue weighted by Gasteiger charge is -2.14. The van der Waals surface area contributed by atoms with Gasteiger partial charge < -0.3 is 9.63 Å². The van der Waals surface area contributed by atoms with E-state index in [0.717, 1.165) is 53.9 Å². The second-order valence-corrected chi connectivity index (χ2v) is 6.53. The highest BCUT2D eigenvalue weighted by Crippen LogP contribution is 2.40. The lowest BCUT2D eigenvalue weighted by atomic mass is 9.91. The van der Waals surface area contributed by atoms with Crippen LogP contribution in [0.5, 0.6) is 5.75 Å². The lowest BCUT2D eigenvalue weighted by Crippen LogP contribution is -2.03. The maximum atomic E-state index is 9.90. The average molecular weight is 333 g/mol. The van der Waals surface area contributed by atoms with Crippen LogP contribution in [-0.4, -0.2) is 14.8 Å². The summed E-state index contributed by atoms with van der Waals surface area (Å²) in [5, 5.41) is 23.6. The molecule has 1 aromatic carbocycles. The van der Waals surface area contributed by atoms with Crippen molar-refractivity contribution >= 4 is 0 Å². The van der Waals surface area contributed by atoms with E-state index in [0.29, 0.717) is 11.5 Å². The van der Waals surface area contributed by atoms with Crippen LogP contribution >= 0.6 is 0 Å². The fourth-order valence-electron chi connectivity index (χ4n) is 3.87. The Morgan fingerprint density at radius 3 is 2.40 bits per heavy atom. The van der Waals surface area contributed by atoms with E-state index in [1.54, 1.807) is 12.1 Å². The third kappa shape index (κ3) is 2.33. The van der Waals surface area contributed by atoms with Gasteiger partial charge in [-0.2, -0.15) is 5.26 Å². The van der Waals surface area contributed by atoms with E-state index in [2.05, 4.69) is 11.2 Å². The zero-order valence-corrected chi connectivity index (χ0v) is 14.3. The molecule has 0 bridgehead atoms. The molecule has 25 heavy (non-hydrogen) atoms. The standard InChI is InChI=1S/C20H19N3O2/c1-12-19(13(2)25-22-12)23-18(11-21)16-5-3-4-6-17(16)20(23)14-7-9-15(24)10-8-14/h7-10,24H,3-6H2,1-2H3. The van der Waals surface area contributed by atoms with Crippen LogP contribution in [0.4, 0.5) is 0 Å². The molecule has 0 saturated carbocycles. The van der Waals surface area contributed by atoms with Gasteiger partial charge in [0, 0.05) is 0 Å². The van der Waals surface area contributed by atoms with Gasteiger partial charge in [0.2, 0.25) is 0 Å². The van der Waals surface area contributed by atoms with Gasteiger partial charge in [0.05, 0.1) is 5.69 Å². The molecule has 1 N–H and O–H groups in total. The third-order valence-corrected chi connectivity index (χ3v) is 4.95. The Kier molecular flexibility index (Phi) is 3.61. The molecule has 2 heterocycles. The van der Waals surface area contributed by atoms with Gasteiger partial charge >= 0.3 is 0 Å². The summed E-state index contributed by atoms with van der Waals surface area (Å²) >= 11 is 0. The van der Waals surface area contributed by atoms with Crippen molar-refractivity contribution in [3.8, 4) is 28.8 Å². The second kappa shape index (κ2) is 5.82. The minimum Gasteiger partial charge on any atom is -0.508 e. The molecule has 0 radical (unpaired) electrons. The second-order valence-electron chi connectivity index (χ2n) is 6.53. The molecule has 1 aliphatic rings. The quantitative estimate of drug-likeness (QED) is 0.762. The van der Waals surface area contributed by atoms with Crippen molar-refractivity contribution in [2.75, 3.05) is 0 Å². The third-order valence-electron chi connectivity index (χ3n) is 4.95. The summed E-state index contributed by atoms with van der Waals surface area (Å²) in [4.78, 5) is 0. The van der Waals surface area contributed by atoms with Crippen LogP contribution in [0, 0.1) is 25.2 Å². The first-order valence-corrected chi connectivity index (χ1v) is 8.51. The van der Waals surface area contributed by atoms with Gasteiger partial charge in [-0.25, -0.2) is 0 Å². The highest BCUT2D eigenvalue weighted by atomic mass is 16.5. The van der Waals surface area contributed by atoms with Crippen LogP contribution in [-0.2, 0) is 12.8 Å². The molecule has 1 aliphatic carbocycles. The van der Waals surface area contributed by atoms with Crippen molar-refractivity contribution in [3.63, 3.8) is 0 Å². The summed E-state index contributed by atoms with van der Waals surface area (Å²) in [6.45, 7) is 3.77. The molecular weight excluding hydrogens is 314 g/mol. The number of phenolic OH excluding ortho intramolecular Hbond substituents is 1.